The van der Waals surface area contributed by atoms with Gasteiger partial charge in [0.25, 0.3) is 5.91 Å². The molecule has 0 radical (unpaired) electrons. The summed E-state index contributed by atoms with van der Waals surface area (Å²) in [5.41, 5.74) is 1.86. The van der Waals surface area contributed by atoms with Crippen LogP contribution in [0.3, 0.4) is 0 Å². The Kier molecular flexibility index (Phi) is 6.33. The van der Waals surface area contributed by atoms with Crippen LogP contribution in [0.25, 0.3) is 0 Å². The van der Waals surface area contributed by atoms with E-state index in [1.54, 1.807) is 0 Å². The summed E-state index contributed by atoms with van der Waals surface area (Å²) >= 11 is 1.29. The molecule has 0 bridgehead atoms. The zero-order valence-corrected chi connectivity index (χ0v) is 16.1. The van der Waals surface area contributed by atoms with E-state index in [0.29, 0.717) is 23.5 Å². The van der Waals surface area contributed by atoms with Crippen LogP contribution >= 0.6 is 11.3 Å². The first kappa shape index (κ1) is 19.5. The molecule has 0 fully saturated rings. The second-order valence-electron chi connectivity index (χ2n) is 6.24. The van der Waals surface area contributed by atoms with Gasteiger partial charge in [-0.3, -0.25) is 19.7 Å². The number of pyridine rings is 1. The Bertz CT molecular complexity index is 993. The SMILES string of the molecule is CC(NC(=O)CCc1csc(NC(=O)c2ccc(=O)[nH]c2)n1)c1ccccc1. The fourth-order valence-corrected chi connectivity index (χ4v) is 3.32. The normalized spacial score (nSPS) is 11.6. The van der Waals surface area contributed by atoms with Gasteiger partial charge in [-0.05, 0) is 25.0 Å². The van der Waals surface area contributed by atoms with Crippen LogP contribution < -0.4 is 16.2 Å². The molecule has 2 aromatic heterocycles. The van der Waals surface area contributed by atoms with E-state index >= 15 is 0 Å². The van der Waals surface area contributed by atoms with Gasteiger partial charge in [-0.1, -0.05) is 30.3 Å². The van der Waals surface area contributed by atoms with E-state index in [9.17, 15) is 14.4 Å². The van der Waals surface area contributed by atoms with Crippen molar-refractivity contribution in [2.24, 2.45) is 0 Å². The molecule has 28 heavy (non-hydrogen) atoms. The van der Waals surface area contributed by atoms with Crippen molar-refractivity contribution in [1.82, 2.24) is 15.3 Å². The van der Waals surface area contributed by atoms with Gasteiger partial charge in [0.1, 0.15) is 0 Å². The molecular formula is C20H20N4O3S. The van der Waals surface area contributed by atoms with Crippen LogP contribution in [0.4, 0.5) is 5.13 Å². The Morgan fingerprint density at radius 2 is 1.96 bits per heavy atom. The van der Waals surface area contributed by atoms with E-state index in [-0.39, 0.29) is 23.4 Å². The number of nitrogens with one attached hydrogen (secondary N) is 3. The standard InChI is InChI=1S/C20H20N4O3S/c1-13(14-5-3-2-4-6-14)22-18(26)10-8-16-12-28-20(23-16)24-19(27)15-7-9-17(25)21-11-15/h2-7,9,11-13H,8,10H2,1H3,(H,21,25)(H,22,26)(H,23,24,27). The fourth-order valence-electron chi connectivity index (χ4n) is 2.58. The van der Waals surface area contributed by atoms with Crippen molar-refractivity contribution < 1.29 is 9.59 Å². The minimum atomic E-state index is -0.355. The monoisotopic (exact) mass is 396 g/mol. The number of aryl methyl sites for hydroxylation is 1. The molecule has 0 spiro atoms. The third-order valence-electron chi connectivity index (χ3n) is 4.10. The Hall–Kier alpha value is -3.26. The Morgan fingerprint density at radius 3 is 2.68 bits per heavy atom. The van der Waals surface area contributed by atoms with Crippen LogP contribution in [-0.2, 0) is 11.2 Å². The van der Waals surface area contributed by atoms with Gasteiger partial charge in [0.15, 0.2) is 5.13 Å². The number of aromatic nitrogens is 2. The lowest BCUT2D eigenvalue weighted by atomic mass is 10.1. The first-order chi connectivity index (χ1) is 13.5. The topological polar surface area (TPSA) is 104 Å². The minimum Gasteiger partial charge on any atom is -0.350 e. The molecule has 3 rings (SSSR count). The maximum Gasteiger partial charge on any atom is 0.258 e. The van der Waals surface area contributed by atoms with Crippen LogP contribution in [-0.4, -0.2) is 21.8 Å². The molecule has 144 valence electrons. The number of H-pyrrole nitrogens is 1. The minimum absolute atomic E-state index is 0.0526. The van der Waals surface area contributed by atoms with Crippen molar-refractivity contribution in [3.05, 3.63) is 81.2 Å². The average molecular weight is 396 g/mol. The summed E-state index contributed by atoms with van der Waals surface area (Å²) in [5.74, 6) is -0.408. The first-order valence-electron chi connectivity index (χ1n) is 8.80. The van der Waals surface area contributed by atoms with Crippen LogP contribution in [0.5, 0.6) is 0 Å². The second kappa shape index (κ2) is 9.09. The molecule has 8 heteroatoms. The molecule has 3 aromatic rings. The highest BCUT2D eigenvalue weighted by atomic mass is 32.1. The third-order valence-corrected chi connectivity index (χ3v) is 4.91. The maximum atomic E-state index is 12.2. The quantitative estimate of drug-likeness (QED) is 0.571. The lowest BCUT2D eigenvalue weighted by Gasteiger charge is -2.13. The van der Waals surface area contributed by atoms with Gasteiger partial charge in [-0.25, -0.2) is 4.98 Å². The summed E-state index contributed by atoms with van der Waals surface area (Å²) in [7, 11) is 0. The van der Waals surface area contributed by atoms with Gasteiger partial charge < -0.3 is 10.3 Å². The summed E-state index contributed by atoms with van der Waals surface area (Å²) in [6.45, 7) is 1.94. The Balaban J connectivity index is 1.49. The van der Waals surface area contributed by atoms with Crippen LogP contribution in [0.2, 0.25) is 0 Å². The van der Waals surface area contributed by atoms with Crippen molar-refractivity contribution in [3.8, 4) is 0 Å². The largest absolute Gasteiger partial charge is 0.350 e. The number of hydrogen-bond donors (Lipinski definition) is 3. The second-order valence-corrected chi connectivity index (χ2v) is 7.10. The number of carbonyl (C=O) groups excluding carboxylic acids is 2. The molecule has 0 saturated carbocycles. The molecule has 2 heterocycles. The highest BCUT2D eigenvalue weighted by Gasteiger charge is 2.12. The van der Waals surface area contributed by atoms with E-state index in [1.165, 1.54) is 29.7 Å². The predicted molar refractivity (Wildman–Crippen MR) is 108 cm³/mol. The predicted octanol–water partition coefficient (Wildman–Crippen LogP) is 2.89. The summed E-state index contributed by atoms with van der Waals surface area (Å²) < 4.78 is 0. The molecule has 0 aliphatic carbocycles. The number of thiazole rings is 1. The van der Waals surface area contributed by atoms with Gasteiger partial charge in [-0.15, -0.1) is 11.3 Å². The average Bonchev–Trinajstić information content (AvgIpc) is 3.15. The molecule has 0 aliphatic heterocycles. The molecule has 1 aromatic carbocycles. The first-order valence-corrected chi connectivity index (χ1v) is 9.68. The van der Waals surface area contributed by atoms with Crippen LogP contribution in [0.15, 0.2) is 58.8 Å². The molecular weight excluding hydrogens is 376 g/mol. The van der Waals surface area contributed by atoms with E-state index in [2.05, 4.69) is 20.6 Å². The number of rotatable bonds is 7. The van der Waals surface area contributed by atoms with Crippen molar-refractivity contribution in [2.75, 3.05) is 5.32 Å². The molecule has 0 aliphatic rings. The van der Waals surface area contributed by atoms with Crippen molar-refractivity contribution in [3.63, 3.8) is 0 Å². The van der Waals surface area contributed by atoms with E-state index < -0.39 is 0 Å². The zero-order valence-electron chi connectivity index (χ0n) is 15.3. The highest BCUT2D eigenvalue weighted by Crippen LogP contribution is 2.18. The summed E-state index contributed by atoms with van der Waals surface area (Å²) in [6.07, 6.45) is 2.15. The summed E-state index contributed by atoms with van der Waals surface area (Å²) in [4.78, 5) is 42.1. The number of hydrogen-bond acceptors (Lipinski definition) is 5. The van der Waals surface area contributed by atoms with Crippen LogP contribution in [0, 0.1) is 0 Å². The highest BCUT2D eigenvalue weighted by molar-refractivity contribution is 7.14. The number of nitrogens with zero attached hydrogens (tertiary/aromatic N) is 1. The molecule has 1 atom stereocenters. The van der Waals surface area contributed by atoms with Gasteiger partial charge in [-0.2, -0.15) is 0 Å². The van der Waals surface area contributed by atoms with Gasteiger partial charge in [0.05, 0.1) is 17.3 Å². The van der Waals surface area contributed by atoms with Gasteiger partial charge >= 0.3 is 0 Å². The van der Waals surface area contributed by atoms with Crippen molar-refractivity contribution in [2.45, 2.75) is 25.8 Å². The molecule has 3 N–H and O–H groups in total. The number of aromatic amines is 1. The summed E-state index contributed by atoms with van der Waals surface area (Å²) in [6, 6.07) is 12.4. The van der Waals surface area contributed by atoms with Crippen LogP contribution in [0.1, 0.15) is 41.0 Å². The Morgan fingerprint density at radius 1 is 1.18 bits per heavy atom. The Labute approximate surface area is 165 Å². The summed E-state index contributed by atoms with van der Waals surface area (Å²) in [5, 5.41) is 7.92. The fraction of sp³-hybridized carbons (Fsp3) is 0.200. The van der Waals surface area contributed by atoms with Crippen molar-refractivity contribution in [1.29, 1.82) is 0 Å². The smallest absolute Gasteiger partial charge is 0.258 e. The molecule has 0 saturated heterocycles. The van der Waals surface area contributed by atoms with Crippen molar-refractivity contribution >= 4 is 28.3 Å². The maximum absolute atomic E-state index is 12.2. The van der Waals surface area contributed by atoms with Gasteiger partial charge in [0, 0.05) is 24.1 Å². The van der Waals surface area contributed by atoms with E-state index in [1.807, 2.05) is 42.6 Å². The zero-order chi connectivity index (χ0) is 19.9. The number of amides is 2. The molecule has 2 amide bonds. The van der Waals surface area contributed by atoms with E-state index in [4.69, 9.17) is 0 Å². The molecule has 7 nitrogen and oxygen atoms in total. The molecule has 1 unspecified atom stereocenters. The van der Waals surface area contributed by atoms with Gasteiger partial charge in [0.2, 0.25) is 11.5 Å². The third kappa shape index (κ3) is 5.37. The lowest BCUT2D eigenvalue weighted by Crippen LogP contribution is -2.26. The van der Waals surface area contributed by atoms with E-state index in [0.717, 1.165) is 11.3 Å². The number of benzene rings is 1. The lowest BCUT2D eigenvalue weighted by molar-refractivity contribution is -0.121. The number of anilines is 1. The number of carbonyl (C=O) groups is 2.